The summed E-state index contributed by atoms with van der Waals surface area (Å²) in [5.41, 5.74) is 1.11. The lowest BCUT2D eigenvalue weighted by atomic mass is 10.1. The summed E-state index contributed by atoms with van der Waals surface area (Å²) in [5, 5.41) is 6.01. The summed E-state index contributed by atoms with van der Waals surface area (Å²) in [7, 11) is 0. The molecule has 2 heterocycles. The van der Waals surface area contributed by atoms with Crippen LogP contribution in [0.5, 0.6) is 5.75 Å². The van der Waals surface area contributed by atoms with Gasteiger partial charge in [-0.25, -0.2) is 0 Å². The zero-order valence-electron chi connectivity index (χ0n) is 15.3. The molecule has 9 heteroatoms. The molecule has 152 valence electrons. The van der Waals surface area contributed by atoms with Crippen LogP contribution in [0.2, 0.25) is 0 Å². The second kappa shape index (κ2) is 8.68. The van der Waals surface area contributed by atoms with Crippen molar-refractivity contribution in [2.75, 3.05) is 5.32 Å². The third-order valence-electron chi connectivity index (χ3n) is 3.82. The molecule has 0 saturated carbocycles. The third-order valence-corrected chi connectivity index (χ3v) is 3.82. The van der Waals surface area contributed by atoms with Crippen molar-refractivity contribution in [2.45, 2.75) is 25.7 Å². The molecule has 0 atom stereocenters. The molecular weight excluding hydrogens is 387 g/mol. The zero-order chi connectivity index (χ0) is 20.9. The number of nitrogens with zero attached hydrogens (tertiary/aromatic N) is 2. The predicted octanol–water partition coefficient (Wildman–Crippen LogP) is 4.60. The maximum Gasteiger partial charge on any atom is 0.408 e. The van der Waals surface area contributed by atoms with Gasteiger partial charge in [-0.05, 0) is 30.2 Å². The van der Waals surface area contributed by atoms with Crippen LogP contribution >= 0.6 is 0 Å². The molecule has 29 heavy (non-hydrogen) atoms. The number of alkyl halides is 3. The Morgan fingerprint density at radius 2 is 2.07 bits per heavy atom. The predicted molar refractivity (Wildman–Crippen MR) is 99.6 cm³/mol. The van der Waals surface area contributed by atoms with Crippen LogP contribution in [0.25, 0.3) is 0 Å². The summed E-state index contributed by atoms with van der Waals surface area (Å²) in [5.74, 6) is 0.518. The fraction of sp³-hybridized carbons (Fsp3) is 0.200. The van der Waals surface area contributed by atoms with E-state index in [1.165, 1.54) is 6.07 Å². The number of amides is 1. The molecule has 0 aliphatic carbocycles. The number of allylic oxidation sites excluding steroid dienone is 1. The number of nitrogens with one attached hydrogen (secondary N) is 1. The first-order valence-electron chi connectivity index (χ1n) is 8.65. The molecule has 0 radical (unpaired) electrons. The first kappa shape index (κ1) is 20.2. The van der Waals surface area contributed by atoms with Crippen LogP contribution in [0, 0.1) is 0 Å². The van der Waals surface area contributed by atoms with Crippen molar-refractivity contribution in [3.63, 3.8) is 0 Å². The van der Waals surface area contributed by atoms with Gasteiger partial charge in [0.05, 0.1) is 11.9 Å². The molecule has 0 aliphatic heterocycles. The van der Waals surface area contributed by atoms with Gasteiger partial charge in [0.2, 0.25) is 0 Å². The van der Waals surface area contributed by atoms with E-state index in [0.29, 0.717) is 22.6 Å². The van der Waals surface area contributed by atoms with Crippen molar-refractivity contribution < 1.29 is 27.1 Å². The highest BCUT2D eigenvalue weighted by Crippen LogP contribution is 2.21. The Kier molecular flexibility index (Phi) is 6.06. The number of halogens is 3. The monoisotopic (exact) mass is 405 g/mol. The molecule has 0 unspecified atom stereocenters. The normalized spacial score (nSPS) is 11.3. The highest BCUT2D eigenvalue weighted by atomic mass is 19.4. The van der Waals surface area contributed by atoms with Crippen LogP contribution in [0.4, 0.5) is 18.9 Å². The van der Waals surface area contributed by atoms with Gasteiger partial charge in [-0.1, -0.05) is 24.3 Å². The van der Waals surface area contributed by atoms with Crippen LogP contribution in [0.3, 0.4) is 0 Å². The van der Waals surface area contributed by atoms with E-state index in [0.717, 1.165) is 18.0 Å². The van der Waals surface area contributed by atoms with Gasteiger partial charge >= 0.3 is 6.18 Å². The second-order valence-corrected chi connectivity index (χ2v) is 6.15. The van der Waals surface area contributed by atoms with Gasteiger partial charge in [-0.2, -0.15) is 18.3 Å². The van der Waals surface area contributed by atoms with E-state index in [1.807, 2.05) is 24.3 Å². The molecule has 1 N–H and O–H groups in total. The summed E-state index contributed by atoms with van der Waals surface area (Å²) < 4.78 is 49.0. The van der Waals surface area contributed by atoms with Crippen LogP contribution in [-0.4, -0.2) is 21.9 Å². The van der Waals surface area contributed by atoms with Gasteiger partial charge < -0.3 is 14.5 Å². The fourth-order valence-corrected chi connectivity index (χ4v) is 2.59. The minimum Gasteiger partial charge on any atom is -0.485 e. The maximum absolute atomic E-state index is 12.4. The highest BCUT2D eigenvalue weighted by Gasteiger charge is 2.28. The van der Waals surface area contributed by atoms with Crippen molar-refractivity contribution in [1.29, 1.82) is 0 Å². The number of furan rings is 1. The summed E-state index contributed by atoms with van der Waals surface area (Å²) in [4.78, 5) is 12.2. The Bertz CT molecular complexity index is 992. The van der Waals surface area contributed by atoms with Crippen molar-refractivity contribution >= 4 is 11.6 Å². The Morgan fingerprint density at radius 3 is 2.83 bits per heavy atom. The Labute approximate surface area is 164 Å². The fourth-order valence-electron chi connectivity index (χ4n) is 2.59. The molecule has 1 aromatic carbocycles. The quantitative estimate of drug-likeness (QED) is 0.556. The topological polar surface area (TPSA) is 69.3 Å². The van der Waals surface area contributed by atoms with Gasteiger partial charge in [-0.3, -0.25) is 9.48 Å². The summed E-state index contributed by atoms with van der Waals surface area (Å²) in [6.07, 6.45) is 0.258. The number of benzene rings is 1. The number of hydrogen-bond acceptors (Lipinski definition) is 4. The van der Waals surface area contributed by atoms with Crippen molar-refractivity contribution in [2.24, 2.45) is 0 Å². The summed E-state index contributed by atoms with van der Waals surface area (Å²) >= 11 is 0. The average Bonchev–Trinajstić information content (AvgIpc) is 3.29. The lowest BCUT2D eigenvalue weighted by molar-refractivity contribution is -0.142. The highest BCUT2D eigenvalue weighted by molar-refractivity contribution is 6.02. The van der Waals surface area contributed by atoms with Crippen molar-refractivity contribution in [1.82, 2.24) is 9.78 Å². The lowest BCUT2D eigenvalue weighted by Gasteiger charge is -2.08. The van der Waals surface area contributed by atoms with E-state index >= 15 is 0 Å². The van der Waals surface area contributed by atoms with E-state index in [4.69, 9.17) is 9.15 Å². The van der Waals surface area contributed by atoms with Gasteiger partial charge in [0.1, 0.15) is 24.7 Å². The number of ether oxygens (including phenoxy) is 1. The molecule has 3 rings (SSSR count). The van der Waals surface area contributed by atoms with Crippen molar-refractivity contribution in [3.8, 4) is 5.75 Å². The number of rotatable bonds is 8. The van der Waals surface area contributed by atoms with E-state index < -0.39 is 18.6 Å². The smallest absolute Gasteiger partial charge is 0.408 e. The molecular formula is C20H18F3N3O3. The Balaban J connectivity index is 1.58. The van der Waals surface area contributed by atoms with Crippen molar-refractivity contribution in [3.05, 3.63) is 78.5 Å². The Hall–Kier alpha value is -3.49. The molecule has 3 aromatic rings. The number of hydrogen-bond donors (Lipinski definition) is 1. The third kappa shape index (κ3) is 5.74. The molecule has 2 aromatic heterocycles. The molecule has 6 nitrogen and oxygen atoms in total. The van der Waals surface area contributed by atoms with E-state index in [9.17, 15) is 18.0 Å². The molecule has 1 amide bonds. The van der Waals surface area contributed by atoms with E-state index in [1.54, 1.807) is 12.1 Å². The SMILES string of the molecule is C=CCc1ccccc1OCc1ccc(C(=O)Nc2cnn(CC(F)(F)F)c2)o1. The van der Waals surface area contributed by atoms with E-state index in [2.05, 4.69) is 17.0 Å². The molecule has 0 aliphatic rings. The number of carbonyl (C=O) groups is 1. The number of aromatic nitrogens is 2. The molecule has 0 spiro atoms. The van der Waals surface area contributed by atoms with Gasteiger partial charge in [0, 0.05) is 6.20 Å². The Morgan fingerprint density at radius 1 is 1.28 bits per heavy atom. The molecule has 0 saturated heterocycles. The first-order chi connectivity index (χ1) is 13.8. The number of anilines is 1. The molecule has 0 bridgehead atoms. The summed E-state index contributed by atoms with van der Waals surface area (Å²) in [6, 6.07) is 10.6. The van der Waals surface area contributed by atoms with Crippen LogP contribution in [0.1, 0.15) is 21.9 Å². The van der Waals surface area contributed by atoms with Gasteiger partial charge in [0.25, 0.3) is 5.91 Å². The van der Waals surface area contributed by atoms with Gasteiger partial charge in [-0.15, -0.1) is 6.58 Å². The van der Waals surface area contributed by atoms with Crippen LogP contribution < -0.4 is 10.1 Å². The second-order valence-electron chi connectivity index (χ2n) is 6.15. The van der Waals surface area contributed by atoms with Gasteiger partial charge in [0.15, 0.2) is 5.76 Å². The van der Waals surface area contributed by atoms with Crippen LogP contribution in [0.15, 0.2) is 65.9 Å². The largest absolute Gasteiger partial charge is 0.485 e. The number of para-hydroxylation sites is 1. The summed E-state index contributed by atoms with van der Waals surface area (Å²) in [6.45, 7) is 2.59. The van der Waals surface area contributed by atoms with Crippen LogP contribution in [-0.2, 0) is 19.6 Å². The molecule has 0 fully saturated rings. The standard InChI is InChI=1S/C20H18F3N3O3/c1-2-5-14-6-3-4-7-17(14)28-12-16-8-9-18(29-16)19(27)25-15-10-24-26(11-15)13-20(21,22)23/h2-4,6-11H,1,5,12-13H2,(H,25,27). The lowest BCUT2D eigenvalue weighted by Crippen LogP contribution is -2.17. The number of carbonyl (C=O) groups excluding carboxylic acids is 1. The average molecular weight is 405 g/mol. The van der Waals surface area contributed by atoms with E-state index in [-0.39, 0.29) is 18.1 Å². The minimum absolute atomic E-state index is 0.00606. The zero-order valence-corrected chi connectivity index (χ0v) is 15.3. The maximum atomic E-state index is 12.4. The minimum atomic E-state index is -4.40. The first-order valence-corrected chi connectivity index (χ1v) is 8.65.